The highest BCUT2D eigenvalue weighted by molar-refractivity contribution is 7.80. The van der Waals surface area contributed by atoms with Crippen molar-refractivity contribution in [2.24, 2.45) is 0 Å². The lowest BCUT2D eigenvalue weighted by Gasteiger charge is -2.21. The van der Waals surface area contributed by atoms with Crippen LogP contribution in [0.5, 0.6) is 0 Å². The van der Waals surface area contributed by atoms with Crippen molar-refractivity contribution >= 4 is 87.7 Å². The number of unbranched alkanes of at least 4 members (excludes halogenated alkanes) is 2. The average molecular weight is 581 g/mol. The molecule has 0 amide bonds. The zero-order valence-corrected chi connectivity index (χ0v) is 28.3. The second-order valence-electron chi connectivity index (χ2n) is 7.82. The van der Waals surface area contributed by atoms with Crippen LogP contribution in [0.3, 0.4) is 0 Å². The minimum atomic E-state index is -1.77. The van der Waals surface area contributed by atoms with E-state index in [0.29, 0.717) is 0 Å². The Morgan fingerprint density at radius 2 is 1.31 bits per heavy atom. The summed E-state index contributed by atoms with van der Waals surface area (Å²) in [6, 6.07) is 1.03. The number of rotatable bonds is 9. The van der Waals surface area contributed by atoms with Crippen molar-refractivity contribution in [3.8, 4) is 0 Å². The van der Waals surface area contributed by atoms with Gasteiger partial charge in [-0.2, -0.15) is 34.8 Å². The Morgan fingerprint density at radius 1 is 0.931 bits per heavy atom. The molecule has 180 valence electrons. The standard InChI is InChI=1S/C8H17ClSi.C6H16O2SSi.C2H6Cl2Si.C2H7ClSi/c1-4-5-6-7-8-10(2,3)9;1-7-10(3,8-2)6-4-5-9;1-5(2,3)4;1-4(2)3/h7-8H,4-6H2,1-3H3;9H,4-6H2,1-3H3;1-2H3;4H,1-2H3. The van der Waals surface area contributed by atoms with Gasteiger partial charge in [0, 0.05) is 14.2 Å². The van der Waals surface area contributed by atoms with Crippen LogP contribution in [0, 0.1) is 0 Å². The Morgan fingerprint density at radius 3 is 1.55 bits per heavy atom. The number of halogens is 4. The Hall–Kier alpha value is 2.04. The molecular formula is C18H46Cl4O2SSi4. The molecule has 29 heavy (non-hydrogen) atoms. The molecule has 0 heterocycles. The molecule has 0 atom stereocenters. The summed E-state index contributed by atoms with van der Waals surface area (Å²) in [7, 11) is -0.416. The molecule has 0 aromatic heterocycles. The lowest BCUT2D eigenvalue weighted by atomic mass is 10.2. The van der Waals surface area contributed by atoms with Gasteiger partial charge in [-0.25, -0.2) is 0 Å². The summed E-state index contributed by atoms with van der Waals surface area (Å²) >= 11 is 26.5. The van der Waals surface area contributed by atoms with Crippen LogP contribution in [-0.4, -0.2) is 50.7 Å². The van der Waals surface area contributed by atoms with Crippen molar-refractivity contribution in [3.05, 3.63) is 11.8 Å². The molecule has 2 nitrogen and oxygen atoms in total. The highest BCUT2D eigenvalue weighted by atomic mass is 35.7. The van der Waals surface area contributed by atoms with E-state index < -0.39 is 30.7 Å². The van der Waals surface area contributed by atoms with E-state index in [-0.39, 0.29) is 0 Å². The molecule has 0 unspecified atom stereocenters. The molecule has 0 aromatic rings. The molecule has 0 bridgehead atoms. The van der Waals surface area contributed by atoms with Crippen LogP contribution in [0.4, 0.5) is 0 Å². The second kappa shape index (κ2) is 23.2. The predicted molar refractivity (Wildman–Crippen MR) is 155 cm³/mol. The maximum absolute atomic E-state index is 6.06. The van der Waals surface area contributed by atoms with E-state index in [9.17, 15) is 0 Å². The maximum atomic E-state index is 6.06. The number of hydrogen-bond donors (Lipinski definition) is 1. The maximum Gasteiger partial charge on any atom is 0.334 e. The fourth-order valence-corrected chi connectivity index (χ4v) is 4.22. The Labute approximate surface area is 211 Å². The van der Waals surface area contributed by atoms with Crippen LogP contribution in [-0.2, 0) is 8.85 Å². The number of thiol groups is 1. The molecule has 11 heteroatoms. The first-order valence-corrected chi connectivity index (χ1v) is 26.4. The molecule has 0 aromatic carbocycles. The molecule has 0 N–H and O–H groups in total. The number of allylic oxidation sites excluding steroid dienone is 1. The van der Waals surface area contributed by atoms with Gasteiger partial charge in [0.2, 0.25) is 6.69 Å². The molecule has 0 spiro atoms. The van der Waals surface area contributed by atoms with Crippen molar-refractivity contribution in [2.75, 3.05) is 20.0 Å². The van der Waals surface area contributed by atoms with Gasteiger partial charge in [-0.1, -0.05) is 57.7 Å². The van der Waals surface area contributed by atoms with Crippen molar-refractivity contribution < 1.29 is 8.85 Å². The van der Waals surface area contributed by atoms with E-state index in [0.717, 1.165) is 18.2 Å². The first kappa shape index (κ1) is 38.3. The zero-order valence-electron chi connectivity index (χ0n) is 20.3. The molecule has 0 fully saturated rings. The lowest BCUT2D eigenvalue weighted by Crippen LogP contribution is -2.35. The fraction of sp³-hybridized carbons (Fsp3) is 0.889. The van der Waals surface area contributed by atoms with E-state index in [2.05, 4.69) is 64.1 Å². The van der Waals surface area contributed by atoms with Gasteiger partial charge in [-0.15, -0.1) is 22.2 Å². The number of hydrogen-bond acceptors (Lipinski definition) is 3. The lowest BCUT2D eigenvalue weighted by molar-refractivity contribution is 0.249. The van der Waals surface area contributed by atoms with E-state index >= 15 is 0 Å². The van der Waals surface area contributed by atoms with Crippen LogP contribution >= 0.6 is 56.9 Å². The summed E-state index contributed by atoms with van der Waals surface area (Å²) in [5.74, 6) is 0.912. The zero-order chi connectivity index (χ0) is 24.1. The molecule has 0 saturated heterocycles. The summed E-state index contributed by atoms with van der Waals surface area (Å²) in [5, 5.41) is 0. The van der Waals surface area contributed by atoms with E-state index in [1.54, 1.807) is 14.2 Å². The highest BCUT2D eigenvalue weighted by Crippen LogP contribution is 2.13. The summed E-state index contributed by atoms with van der Waals surface area (Å²) in [5.41, 5.74) is 2.20. The molecule has 0 aliphatic rings. The average Bonchev–Trinajstić information content (AvgIpc) is 2.54. The van der Waals surface area contributed by atoms with Crippen LogP contribution in [0.25, 0.3) is 0 Å². The second-order valence-corrected chi connectivity index (χ2v) is 31.8. The van der Waals surface area contributed by atoms with Gasteiger partial charge in [0.25, 0.3) is 0 Å². The van der Waals surface area contributed by atoms with Gasteiger partial charge >= 0.3 is 8.56 Å². The fourth-order valence-electron chi connectivity index (χ4n) is 1.37. The van der Waals surface area contributed by atoms with Crippen LogP contribution in [0.15, 0.2) is 11.8 Å². The quantitative estimate of drug-likeness (QED) is 0.127. The summed E-state index contributed by atoms with van der Waals surface area (Å²) in [6.07, 6.45) is 7.06. The van der Waals surface area contributed by atoms with Crippen LogP contribution < -0.4 is 0 Å². The minimum absolute atomic E-state index is 0.667. The van der Waals surface area contributed by atoms with E-state index in [1.807, 2.05) is 13.1 Å². The topological polar surface area (TPSA) is 18.5 Å². The van der Waals surface area contributed by atoms with Gasteiger partial charge in [0.1, 0.15) is 8.11 Å². The highest BCUT2D eigenvalue weighted by Gasteiger charge is 2.27. The monoisotopic (exact) mass is 578 g/mol. The van der Waals surface area contributed by atoms with Crippen molar-refractivity contribution in [3.63, 3.8) is 0 Å². The Bertz CT molecular complexity index is 354. The van der Waals surface area contributed by atoms with Crippen molar-refractivity contribution in [1.82, 2.24) is 0 Å². The van der Waals surface area contributed by atoms with Crippen LogP contribution in [0.2, 0.25) is 51.9 Å². The molecule has 0 aliphatic carbocycles. The van der Waals surface area contributed by atoms with Crippen LogP contribution in [0.1, 0.15) is 32.6 Å². The minimum Gasteiger partial charge on any atom is -0.398 e. The summed E-state index contributed by atoms with van der Waals surface area (Å²) in [4.78, 5) is 0. The third-order valence-corrected chi connectivity index (χ3v) is 7.60. The summed E-state index contributed by atoms with van der Waals surface area (Å²) < 4.78 is 10.5. The van der Waals surface area contributed by atoms with Gasteiger partial charge in [-0.05, 0) is 44.3 Å². The first-order valence-electron chi connectivity index (χ1n) is 10.1. The molecule has 0 saturated carbocycles. The van der Waals surface area contributed by atoms with Gasteiger partial charge in [0.05, 0.1) is 0 Å². The third-order valence-electron chi connectivity index (χ3n) is 2.89. The first-order chi connectivity index (χ1) is 13.0. The SMILES string of the molecule is CCCCC=C[Si](C)(C)Cl.CO[Si](C)(CCCS)OC.C[SiH](C)Cl.C[Si](C)(Cl)Cl. The Balaban J connectivity index is -0.000000154. The van der Waals surface area contributed by atoms with Gasteiger partial charge in [0.15, 0.2) is 7.38 Å². The summed E-state index contributed by atoms with van der Waals surface area (Å²) in [6.45, 7) is 14.7. The van der Waals surface area contributed by atoms with E-state index in [4.69, 9.17) is 53.2 Å². The van der Waals surface area contributed by atoms with Gasteiger partial charge < -0.3 is 8.85 Å². The molecule has 0 aliphatic heterocycles. The molecular weight excluding hydrogens is 534 g/mol. The third kappa shape index (κ3) is 58.8. The molecule has 0 radical (unpaired) electrons. The smallest absolute Gasteiger partial charge is 0.334 e. The largest absolute Gasteiger partial charge is 0.398 e. The van der Waals surface area contributed by atoms with E-state index in [1.165, 1.54) is 19.3 Å². The predicted octanol–water partition coefficient (Wildman–Crippen LogP) is 8.76. The normalized spacial score (nSPS) is 11.9. The van der Waals surface area contributed by atoms with Gasteiger partial charge in [-0.3, -0.25) is 0 Å². The Kier molecular flexibility index (Phi) is 30.7. The molecule has 0 rings (SSSR count). The van der Waals surface area contributed by atoms with Crippen molar-refractivity contribution in [1.29, 1.82) is 0 Å². The van der Waals surface area contributed by atoms with Crippen molar-refractivity contribution in [2.45, 2.75) is 84.5 Å².